The number of ether oxygens (including phenoxy) is 3. The molecule has 8 nitrogen and oxygen atoms in total. The molecule has 3 heterocycles. The molecule has 2 aromatic rings. The van der Waals surface area contributed by atoms with Crippen LogP contribution >= 0.6 is 0 Å². The molecule has 4 rings (SSSR count). The van der Waals surface area contributed by atoms with Gasteiger partial charge < -0.3 is 29.3 Å². The highest BCUT2D eigenvalue weighted by molar-refractivity contribution is 5.81. The topological polar surface area (TPSA) is 99.4 Å². The third-order valence-electron chi connectivity index (χ3n) is 6.28. The Hall–Kier alpha value is -2.87. The maximum Gasteiger partial charge on any atom is 0.376 e. The number of benzene rings is 1. The first kappa shape index (κ1) is 21.4. The van der Waals surface area contributed by atoms with Gasteiger partial charge in [-0.2, -0.15) is 0 Å². The van der Waals surface area contributed by atoms with Crippen molar-refractivity contribution in [1.82, 2.24) is 4.73 Å². The molecule has 1 aromatic carbocycles. The van der Waals surface area contributed by atoms with Crippen LogP contribution in [0.2, 0.25) is 0 Å². The minimum absolute atomic E-state index is 0.240. The van der Waals surface area contributed by atoms with Gasteiger partial charge in [-0.25, -0.2) is 4.79 Å². The zero-order chi connectivity index (χ0) is 22.3. The molecule has 2 N–H and O–H groups in total. The minimum Gasteiger partial charge on any atom is -0.492 e. The number of carbonyl (C=O) groups is 1. The number of aromatic nitrogens is 1. The molecule has 2 atom stereocenters. The van der Waals surface area contributed by atoms with Crippen LogP contribution < -0.4 is 14.3 Å². The molecule has 0 bridgehead atoms. The molecule has 2 aliphatic heterocycles. The number of rotatable bonds is 4. The summed E-state index contributed by atoms with van der Waals surface area (Å²) in [6.45, 7) is 8.29. The Morgan fingerprint density at radius 3 is 2.48 bits per heavy atom. The number of fused-ring (bicyclic) bond motifs is 1. The Kier molecular flexibility index (Phi) is 5.51. The van der Waals surface area contributed by atoms with Gasteiger partial charge in [-0.3, -0.25) is 0 Å². The largest absolute Gasteiger partial charge is 0.492 e. The molecule has 1 fully saturated rings. The predicted molar refractivity (Wildman–Crippen MR) is 112 cm³/mol. The molecule has 0 aliphatic carbocycles. The summed E-state index contributed by atoms with van der Waals surface area (Å²) < 4.78 is 18.9. The van der Waals surface area contributed by atoms with Crippen molar-refractivity contribution in [2.75, 3.05) is 6.61 Å². The maximum absolute atomic E-state index is 12.9. The summed E-state index contributed by atoms with van der Waals surface area (Å²) in [7, 11) is 0. The summed E-state index contributed by atoms with van der Waals surface area (Å²) in [5.74, 6) is 0.0183. The first-order chi connectivity index (χ1) is 14.7. The van der Waals surface area contributed by atoms with Crippen LogP contribution in [-0.4, -0.2) is 39.4 Å². The highest BCUT2D eigenvalue weighted by Crippen LogP contribution is 2.44. The molecule has 0 spiro atoms. The molecule has 1 unspecified atom stereocenters. The van der Waals surface area contributed by atoms with Crippen LogP contribution in [0.15, 0.2) is 12.1 Å². The molecule has 0 radical (unpaired) electrons. The monoisotopic (exact) mass is 431 g/mol. The highest BCUT2D eigenvalue weighted by atomic mass is 16.7. The molecule has 2 aliphatic rings. The number of nitrogens with zero attached hydrogens (tertiary/aromatic N) is 1. The van der Waals surface area contributed by atoms with E-state index in [2.05, 4.69) is 0 Å². The molecular formula is C23H29NO7. The molecule has 168 valence electrons. The van der Waals surface area contributed by atoms with Crippen molar-refractivity contribution in [1.29, 1.82) is 0 Å². The Bertz CT molecular complexity index is 987. The average molecular weight is 431 g/mol. The lowest BCUT2D eigenvalue weighted by Crippen LogP contribution is -2.49. The predicted octanol–water partition coefficient (Wildman–Crippen LogP) is 3.47. The van der Waals surface area contributed by atoms with E-state index in [-0.39, 0.29) is 18.1 Å². The Morgan fingerprint density at radius 2 is 1.84 bits per heavy atom. The molecule has 8 heteroatoms. The summed E-state index contributed by atoms with van der Waals surface area (Å²) in [5, 5.41) is 19.5. The zero-order valence-corrected chi connectivity index (χ0v) is 18.4. The van der Waals surface area contributed by atoms with Crippen molar-refractivity contribution in [2.45, 2.75) is 71.7 Å². The molecule has 1 aromatic heterocycles. The SMILES string of the molecule is Cc1c(C)c2c(c(C)c1OC1CCCCO1)CC[C@@](C)(C(=O)On1c(O)ccc1O)O2. The Labute approximate surface area is 181 Å². The van der Waals surface area contributed by atoms with Gasteiger partial charge in [-0.05, 0) is 63.6 Å². The van der Waals surface area contributed by atoms with Gasteiger partial charge in [0.15, 0.2) is 6.29 Å². The second-order valence-electron chi connectivity index (χ2n) is 8.48. The summed E-state index contributed by atoms with van der Waals surface area (Å²) in [6.07, 6.45) is 3.75. The van der Waals surface area contributed by atoms with E-state index in [1.807, 2.05) is 20.8 Å². The lowest BCUT2D eigenvalue weighted by molar-refractivity contribution is -0.164. The summed E-state index contributed by atoms with van der Waals surface area (Å²) in [6, 6.07) is 2.47. The number of carbonyl (C=O) groups excluding carboxylic acids is 1. The highest BCUT2D eigenvalue weighted by Gasteiger charge is 2.43. The van der Waals surface area contributed by atoms with Gasteiger partial charge in [0.2, 0.25) is 17.4 Å². The molecule has 0 amide bonds. The second kappa shape index (κ2) is 8.00. The van der Waals surface area contributed by atoms with E-state index in [0.29, 0.717) is 29.9 Å². The van der Waals surface area contributed by atoms with E-state index in [1.54, 1.807) is 6.92 Å². The van der Waals surface area contributed by atoms with Crippen molar-refractivity contribution in [3.63, 3.8) is 0 Å². The van der Waals surface area contributed by atoms with Crippen LogP contribution in [-0.2, 0) is 16.0 Å². The van der Waals surface area contributed by atoms with E-state index in [0.717, 1.165) is 47.3 Å². The van der Waals surface area contributed by atoms with Crippen LogP contribution in [0.5, 0.6) is 23.3 Å². The Balaban J connectivity index is 1.60. The summed E-state index contributed by atoms with van der Waals surface area (Å²) in [5.41, 5.74) is 2.57. The van der Waals surface area contributed by atoms with E-state index >= 15 is 0 Å². The molecule has 1 saturated heterocycles. The van der Waals surface area contributed by atoms with E-state index in [1.165, 1.54) is 12.1 Å². The minimum atomic E-state index is -1.27. The van der Waals surface area contributed by atoms with E-state index in [9.17, 15) is 15.0 Å². The third-order valence-corrected chi connectivity index (χ3v) is 6.28. The van der Waals surface area contributed by atoms with Crippen LogP contribution in [0.4, 0.5) is 0 Å². The van der Waals surface area contributed by atoms with Crippen LogP contribution in [0.25, 0.3) is 0 Å². The fourth-order valence-corrected chi connectivity index (χ4v) is 4.17. The fourth-order valence-electron chi connectivity index (χ4n) is 4.17. The fraction of sp³-hybridized carbons (Fsp3) is 0.522. The summed E-state index contributed by atoms with van der Waals surface area (Å²) >= 11 is 0. The number of hydrogen-bond donors (Lipinski definition) is 2. The molecule has 31 heavy (non-hydrogen) atoms. The van der Waals surface area contributed by atoms with Crippen LogP contribution in [0, 0.1) is 20.8 Å². The lowest BCUT2D eigenvalue weighted by Gasteiger charge is -2.36. The summed E-state index contributed by atoms with van der Waals surface area (Å²) in [4.78, 5) is 18.1. The molecular weight excluding hydrogens is 402 g/mol. The van der Waals surface area contributed by atoms with Crippen LogP contribution in [0.3, 0.4) is 0 Å². The number of aromatic hydroxyl groups is 2. The van der Waals surface area contributed by atoms with E-state index in [4.69, 9.17) is 19.0 Å². The van der Waals surface area contributed by atoms with E-state index < -0.39 is 11.6 Å². The maximum atomic E-state index is 12.9. The van der Waals surface area contributed by atoms with Gasteiger partial charge in [-0.1, -0.05) is 0 Å². The van der Waals surface area contributed by atoms with Crippen molar-refractivity contribution < 1.29 is 34.1 Å². The second-order valence-corrected chi connectivity index (χ2v) is 8.48. The van der Waals surface area contributed by atoms with Crippen molar-refractivity contribution >= 4 is 5.97 Å². The lowest BCUT2D eigenvalue weighted by atomic mass is 9.87. The van der Waals surface area contributed by atoms with Crippen molar-refractivity contribution in [3.05, 3.63) is 34.4 Å². The van der Waals surface area contributed by atoms with Gasteiger partial charge in [0.1, 0.15) is 11.5 Å². The average Bonchev–Trinajstić information content (AvgIpc) is 3.08. The normalized spacial score (nSPS) is 23.0. The Morgan fingerprint density at radius 1 is 1.13 bits per heavy atom. The van der Waals surface area contributed by atoms with Crippen LogP contribution in [0.1, 0.15) is 54.9 Å². The van der Waals surface area contributed by atoms with Gasteiger partial charge in [-0.15, -0.1) is 4.73 Å². The van der Waals surface area contributed by atoms with Crippen molar-refractivity contribution in [2.24, 2.45) is 0 Å². The first-order valence-corrected chi connectivity index (χ1v) is 10.6. The number of hydrogen-bond acceptors (Lipinski definition) is 7. The quantitative estimate of drug-likeness (QED) is 0.765. The van der Waals surface area contributed by atoms with Gasteiger partial charge >= 0.3 is 5.97 Å². The van der Waals surface area contributed by atoms with Gasteiger partial charge in [0, 0.05) is 30.5 Å². The standard InChI is InChI=1S/C23H29NO7/c1-13-14(2)21-16(15(3)20(13)29-19-7-5-6-12-28-19)10-11-23(4,30-21)22(27)31-24-17(25)8-9-18(24)26/h8-9,19,25-26H,5-7,10-12H2,1-4H3/t19?,23-/m0/s1. The van der Waals surface area contributed by atoms with Crippen molar-refractivity contribution in [3.8, 4) is 23.3 Å². The zero-order valence-electron chi connectivity index (χ0n) is 18.4. The van der Waals surface area contributed by atoms with Gasteiger partial charge in [0.05, 0.1) is 6.61 Å². The smallest absolute Gasteiger partial charge is 0.376 e. The third kappa shape index (κ3) is 3.80. The van der Waals surface area contributed by atoms with Gasteiger partial charge in [0.25, 0.3) is 0 Å². The first-order valence-electron chi connectivity index (χ1n) is 10.6. The molecule has 0 saturated carbocycles.